The van der Waals surface area contributed by atoms with Crippen LogP contribution in [-0.2, 0) is 14.3 Å². The fourth-order valence-electron chi connectivity index (χ4n) is 1.32. The number of rotatable bonds is 0. The van der Waals surface area contributed by atoms with Gasteiger partial charge in [-0.1, -0.05) is 0 Å². The third-order valence-corrected chi connectivity index (χ3v) is 1.96. The number of Topliss-reactive ketones (excluding diaryl/α,β-unsaturated/α-hetero) is 1. The Balaban J connectivity index is 2.35. The molecule has 2 aliphatic heterocycles. The minimum absolute atomic E-state index is 0.149. The molecule has 0 radical (unpaired) electrons. The number of ketones is 1. The Morgan fingerprint density at radius 2 is 2.15 bits per heavy atom. The minimum Gasteiger partial charge on any atom is -0.487 e. The molecule has 2 rings (SSSR count). The van der Waals surface area contributed by atoms with Crippen LogP contribution < -0.4 is 5.73 Å². The second-order valence-electron chi connectivity index (χ2n) is 2.86. The van der Waals surface area contributed by atoms with Crippen LogP contribution in [0.3, 0.4) is 0 Å². The van der Waals surface area contributed by atoms with Gasteiger partial charge in [0.2, 0.25) is 11.5 Å². The summed E-state index contributed by atoms with van der Waals surface area (Å²) in [6.45, 7) is 0.555. The van der Waals surface area contributed by atoms with E-state index >= 15 is 0 Å². The van der Waals surface area contributed by atoms with Gasteiger partial charge in [-0.15, -0.1) is 0 Å². The van der Waals surface area contributed by atoms with E-state index in [1.807, 2.05) is 0 Å². The maximum Gasteiger partial charge on any atom is 0.217 e. The number of carbonyl (C=O) groups excluding carboxylic acids is 1. The van der Waals surface area contributed by atoms with E-state index in [1.54, 1.807) is 0 Å². The molecule has 1 atom stereocenters. The zero-order chi connectivity index (χ0) is 9.42. The van der Waals surface area contributed by atoms with Crippen LogP contribution in [0.25, 0.3) is 0 Å². The van der Waals surface area contributed by atoms with E-state index in [-0.39, 0.29) is 23.8 Å². The van der Waals surface area contributed by atoms with E-state index in [0.29, 0.717) is 13.2 Å². The van der Waals surface area contributed by atoms with Crippen molar-refractivity contribution in [1.29, 1.82) is 0 Å². The third kappa shape index (κ3) is 1.28. The van der Waals surface area contributed by atoms with Crippen molar-refractivity contribution in [2.45, 2.75) is 6.17 Å². The van der Waals surface area contributed by atoms with Gasteiger partial charge < -0.3 is 20.4 Å². The molecule has 6 heteroatoms. The van der Waals surface area contributed by atoms with Gasteiger partial charge in [0.1, 0.15) is 19.4 Å². The highest BCUT2D eigenvalue weighted by molar-refractivity contribution is 5.96. The molecule has 13 heavy (non-hydrogen) atoms. The molecule has 0 aromatic carbocycles. The lowest BCUT2D eigenvalue weighted by Crippen LogP contribution is -2.50. The molecule has 2 aliphatic rings. The Kier molecular flexibility index (Phi) is 1.95. The second kappa shape index (κ2) is 2.99. The maximum absolute atomic E-state index is 11.3. The van der Waals surface area contributed by atoms with Crippen LogP contribution in [0.15, 0.2) is 11.5 Å². The highest BCUT2D eigenvalue weighted by atomic mass is 16.6. The summed E-state index contributed by atoms with van der Waals surface area (Å²) in [6, 6.07) is 0. The molecule has 0 fully saturated rings. The lowest BCUT2D eigenvalue weighted by atomic mass is 10.1. The Morgan fingerprint density at radius 1 is 1.46 bits per heavy atom. The fourth-order valence-corrected chi connectivity index (χ4v) is 1.32. The van der Waals surface area contributed by atoms with E-state index in [4.69, 9.17) is 15.2 Å². The summed E-state index contributed by atoms with van der Waals surface area (Å²) in [4.78, 5) is 11.3. The number of nitrogens with zero attached hydrogens (tertiary/aromatic N) is 1. The Hall–Kier alpha value is -1.11. The Morgan fingerprint density at radius 3 is 2.92 bits per heavy atom. The van der Waals surface area contributed by atoms with Crippen LogP contribution in [0, 0.1) is 0 Å². The van der Waals surface area contributed by atoms with Gasteiger partial charge in [0.15, 0.2) is 5.76 Å². The van der Waals surface area contributed by atoms with Crippen LogP contribution in [0.2, 0.25) is 0 Å². The standard InChI is InChI=1S/C7H10N2O4/c8-7-6-5(12-1-2-13-6)4(10)3-9(7)11/h7,11H,1-3,8H2. The monoisotopic (exact) mass is 186 g/mol. The van der Waals surface area contributed by atoms with Crippen LogP contribution in [0.1, 0.15) is 0 Å². The number of hydrogen-bond donors (Lipinski definition) is 2. The smallest absolute Gasteiger partial charge is 0.217 e. The van der Waals surface area contributed by atoms with Crippen molar-refractivity contribution in [2.24, 2.45) is 5.73 Å². The van der Waals surface area contributed by atoms with Gasteiger partial charge >= 0.3 is 0 Å². The van der Waals surface area contributed by atoms with Gasteiger partial charge in [0.05, 0.1) is 6.54 Å². The predicted octanol–water partition coefficient (Wildman–Crippen LogP) is -1.20. The first kappa shape index (κ1) is 8.49. The average molecular weight is 186 g/mol. The SMILES string of the molecule is NC1C2=C(OCCO2)C(=O)CN1O. The second-order valence-corrected chi connectivity index (χ2v) is 2.86. The summed E-state index contributed by atoms with van der Waals surface area (Å²) in [5.74, 6) is 0.0768. The zero-order valence-electron chi connectivity index (χ0n) is 6.90. The zero-order valence-corrected chi connectivity index (χ0v) is 6.90. The molecule has 0 aliphatic carbocycles. The average Bonchev–Trinajstić information content (AvgIpc) is 2.15. The highest BCUT2D eigenvalue weighted by Crippen LogP contribution is 2.22. The lowest BCUT2D eigenvalue weighted by molar-refractivity contribution is -0.160. The summed E-state index contributed by atoms with van der Waals surface area (Å²) >= 11 is 0. The fraction of sp³-hybridized carbons (Fsp3) is 0.571. The molecule has 3 N–H and O–H groups in total. The molecule has 2 heterocycles. The maximum atomic E-state index is 11.3. The molecule has 6 nitrogen and oxygen atoms in total. The molecular weight excluding hydrogens is 176 g/mol. The molecular formula is C7H10N2O4. The predicted molar refractivity (Wildman–Crippen MR) is 40.4 cm³/mol. The van der Waals surface area contributed by atoms with Gasteiger partial charge in [0, 0.05) is 0 Å². The van der Waals surface area contributed by atoms with E-state index in [9.17, 15) is 10.0 Å². The molecule has 0 aromatic rings. The lowest BCUT2D eigenvalue weighted by Gasteiger charge is -2.32. The number of hydroxylamine groups is 2. The first-order valence-corrected chi connectivity index (χ1v) is 3.94. The summed E-state index contributed by atoms with van der Waals surface area (Å²) in [6.07, 6.45) is -0.798. The van der Waals surface area contributed by atoms with Crippen molar-refractivity contribution in [3.8, 4) is 0 Å². The van der Waals surface area contributed by atoms with Crippen LogP contribution in [0.4, 0.5) is 0 Å². The quantitative estimate of drug-likeness (QED) is 0.494. The molecule has 0 saturated heterocycles. The molecule has 72 valence electrons. The summed E-state index contributed by atoms with van der Waals surface area (Å²) in [5.41, 5.74) is 5.56. The van der Waals surface area contributed by atoms with Gasteiger partial charge in [0.25, 0.3) is 0 Å². The number of ether oxygens (including phenoxy) is 2. The molecule has 0 amide bonds. The number of carbonyl (C=O) groups is 1. The molecule has 0 bridgehead atoms. The van der Waals surface area contributed by atoms with Gasteiger partial charge in [-0.05, 0) is 0 Å². The van der Waals surface area contributed by atoms with Crippen molar-refractivity contribution in [3.05, 3.63) is 11.5 Å². The van der Waals surface area contributed by atoms with E-state index in [1.165, 1.54) is 0 Å². The van der Waals surface area contributed by atoms with Gasteiger partial charge in [-0.25, -0.2) is 0 Å². The molecule has 1 unspecified atom stereocenters. The summed E-state index contributed by atoms with van der Waals surface area (Å²) < 4.78 is 10.2. The van der Waals surface area contributed by atoms with Crippen LogP contribution >= 0.6 is 0 Å². The van der Waals surface area contributed by atoms with E-state index in [0.717, 1.165) is 5.06 Å². The first-order valence-electron chi connectivity index (χ1n) is 3.94. The van der Waals surface area contributed by atoms with E-state index in [2.05, 4.69) is 0 Å². The third-order valence-electron chi connectivity index (χ3n) is 1.96. The van der Waals surface area contributed by atoms with Crippen molar-refractivity contribution in [1.82, 2.24) is 5.06 Å². The van der Waals surface area contributed by atoms with Crippen molar-refractivity contribution >= 4 is 5.78 Å². The number of nitrogens with two attached hydrogens (primary N) is 1. The largest absolute Gasteiger partial charge is 0.487 e. The van der Waals surface area contributed by atoms with Gasteiger partial charge in [-0.3, -0.25) is 4.79 Å². The molecule has 0 aromatic heterocycles. The Labute approximate surface area is 74.5 Å². The van der Waals surface area contributed by atoms with Gasteiger partial charge in [-0.2, -0.15) is 5.06 Å². The van der Waals surface area contributed by atoms with Crippen molar-refractivity contribution < 1.29 is 19.5 Å². The highest BCUT2D eigenvalue weighted by Gasteiger charge is 2.36. The topological polar surface area (TPSA) is 85.0 Å². The van der Waals surface area contributed by atoms with Crippen LogP contribution in [0.5, 0.6) is 0 Å². The van der Waals surface area contributed by atoms with Crippen molar-refractivity contribution in [3.63, 3.8) is 0 Å². The van der Waals surface area contributed by atoms with Crippen LogP contribution in [-0.4, -0.2) is 42.0 Å². The van der Waals surface area contributed by atoms with E-state index < -0.39 is 6.17 Å². The molecule has 0 saturated carbocycles. The summed E-state index contributed by atoms with van der Waals surface area (Å²) in [7, 11) is 0. The first-order chi connectivity index (χ1) is 6.20. The summed E-state index contributed by atoms with van der Waals surface area (Å²) in [5, 5.41) is 9.94. The van der Waals surface area contributed by atoms with Crippen molar-refractivity contribution in [2.75, 3.05) is 19.8 Å². The molecule has 0 spiro atoms. The minimum atomic E-state index is -0.798. The number of hydrogen-bond acceptors (Lipinski definition) is 6. The normalized spacial score (nSPS) is 29.4. The Bertz CT molecular complexity index is 276.